The van der Waals surface area contributed by atoms with Gasteiger partial charge in [-0.25, -0.2) is 12.8 Å². The van der Waals surface area contributed by atoms with E-state index in [4.69, 9.17) is 0 Å². The predicted octanol–water partition coefficient (Wildman–Crippen LogP) is 3.86. The molecule has 2 heterocycles. The number of anilines is 1. The number of aromatic nitrogens is 4. The smallest absolute Gasteiger partial charge is 0.261 e. The molecule has 5 aromatic rings. The van der Waals surface area contributed by atoms with Gasteiger partial charge in [0, 0.05) is 30.2 Å². The molecule has 0 amide bonds. The van der Waals surface area contributed by atoms with E-state index in [0.717, 1.165) is 11.1 Å². The van der Waals surface area contributed by atoms with Gasteiger partial charge < -0.3 is 15.5 Å². The van der Waals surface area contributed by atoms with Crippen LogP contribution in [0.1, 0.15) is 40.3 Å². The Labute approximate surface area is 248 Å². The van der Waals surface area contributed by atoms with Crippen molar-refractivity contribution < 1.29 is 23.0 Å². The quantitative estimate of drug-likeness (QED) is 0.158. The van der Waals surface area contributed by atoms with Gasteiger partial charge >= 0.3 is 0 Å². The molecule has 10 nitrogen and oxygen atoms in total. The van der Waals surface area contributed by atoms with Gasteiger partial charge in [0.2, 0.25) is 0 Å². The van der Waals surface area contributed by atoms with Gasteiger partial charge in [-0.15, -0.1) is 5.10 Å². The summed E-state index contributed by atoms with van der Waals surface area (Å²) in [5, 5.41) is 32.9. The summed E-state index contributed by atoms with van der Waals surface area (Å²) in [6.07, 6.45) is 2.27. The van der Waals surface area contributed by atoms with Crippen molar-refractivity contribution in [1.82, 2.24) is 25.3 Å². The third-order valence-electron chi connectivity index (χ3n) is 6.84. The summed E-state index contributed by atoms with van der Waals surface area (Å²) in [7, 11) is -3.85. The SMILES string of the molecule is Cc1nn(-c2ccc(S(=O)(=O)Nc3ccc(CCNCC(O)c4cccnc4)cc3)cc2)nc1C(O)c1ccc(F)cc1. The molecule has 0 radical (unpaired) electrons. The Morgan fingerprint density at radius 1 is 0.907 bits per heavy atom. The van der Waals surface area contributed by atoms with E-state index in [1.165, 1.54) is 41.2 Å². The molecule has 0 aliphatic carbocycles. The molecule has 4 N–H and O–H groups in total. The first-order valence-corrected chi connectivity index (χ1v) is 15.1. The van der Waals surface area contributed by atoms with E-state index < -0.39 is 28.0 Å². The van der Waals surface area contributed by atoms with Crippen LogP contribution in [0, 0.1) is 12.7 Å². The van der Waals surface area contributed by atoms with Gasteiger partial charge in [0.05, 0.1) is 22.4 Å². The van der Waals surface area contributed by atoms with Gasteiger partial charge in [0.25, 0.3) is 10.0 Å². The summed E-state index contributed by atoms with van der Waals surface area (Å²) in [5.74, 6) is -0.406. The normalized spacial score (nSPS) is 13.0. The number of hydrogen-bond donors (Lipinski definition) is 4. The second kappa shape index (κ2) is 13.2. The fraction of sp³-hybridized carbons (Fsp3) is 0.194. The number of nitrogens with one attached hydrogen (secondary N) is 2. The van der Waals surface area contributed by atoms with E-state index in [0.29, 0.717) is 47.8 Å². The number of benzene rings is 3. The van der Waals surface area contributed by atoms with Crippen LogP contribution in [-0.4, -0.2) is 51.7 Å². The number of aliphatic hydroxyl groups excluding tert-OH is 2. The second-order valence-corrected chi connectivity index (χ2v) is 11.6. The molecule has 0 bridgehead atoms. The highest BCUT2D eigenvalue weighted by Crippen LogP contribution is 2.24. The average Bonchev–Trinajstić information content (AvgIpc) is 3.41. The van der Waals surface area contributed by atoms with Crippen LogP contribution in [-0.2, 0) is 16.4 Å². The maximum Gasteiger partial charge on any atom is 0.261 e. The highest BCUT2D eigenvalue weighted by molar-refractivity contribution is 7.92. The monoisotopic (exact) mass is 602 g/mol. The molecule has 0 saturated carbocycles. The van der Waals surface area contributed by atoms with Crippen LogP contribution in [0.25, 0.3) is 5.69 Å². The molecular formula is C31H31FN6O4S. The summed E-state index contributed by atoms with van der Waals surface area (Å²) >= 11 is 0. The second-order valence-electron chi connectivity index (χ2n) is 9.97. The summed E-state index contributed by atoms with van der Waals surface area (Å²) in [4.78, 5) is 5.39. The summed E-state index contributed by atoms with van der Waals surface area (Å²) in [6.45, 7) is 2.74. The summed E-state index contributed by atoms with van der Waals surface area (Å²) in [6, 6.07) is 22.2. The maximum atomic E-state index is 13.3. The Balaban J connectivity index is 1.16. The van der Waals surface area contributed by atoms with Gasteiger partial charge in [-0.2, -0.15) is 9.90 Å². The van der Waals surface area contributed by atoms with Crippen LogP contribution < -0.4 is 10.0 Å². The molecule has 0 aliphatic heterocycles. The number of hydrogen-bond acceptors (Lipinski definition) is 8. The van der Waals surface area contributed by atoms with Gasteiger partial charge in [-0.05, 0) is 85.6 Å². The van der Waals surface area contributed by atoms with Gasteiger partial charge in [0.15, 0.2) is 0 Å². The summed E-state index contributed by atoms with van der Waals surface area (Å²) in [5.41, 5.74) is 3.97. The lowest BCUT2D eigenvalue weighted by molar-refractivity contribution is 0.174. The van der Waals surface area contributed by atoms with Crippen molar-refractivity contribution in [2.45, 2.75) is 30.4 Å². The Morgan fingerprint density at radius 2 is 1.63 bits per heavy atom. The lowest BCUT2D eigenvalue weighted by atomic mass is 10.1. The molecule has 222 valence electrons. The minimum atomic E-state index is -3.85. The highest BCUT2D eigenvalue weighted by atomic mass is 32.2. The molecule has 2 atom stereocenters. The van der Waals surface area contributed by atoms with Gasteiger partial charge in [0.1, 0.15) is 17.6 Å². The predicted molar refractivity (Wildman–Crippen MR) is 160 cm³/mol. The van der Waals surface area contributed by atoms with Crippen LogP contribution in [0.15, 0.2) is 102 Å². The van der Waals surface area contributed by atoms with Crippen molar-refractivity contribution in [3.63, 3.8) is 0 Å². The molecule has 0 saturated heterocycles. The van der Waals surface area contributed by atoms with Crippen LogP contribution >= 0.6 is 0 Å². The first-order valence-electron chi connectivity index (χ1n) is 13.6. The van der Waals surface area contributed by atoms with Crippen molar-refractivity contribution in [1.29, 1.82) is 0 Å². The van der Waals surface area contributed by atoms with E-state index >= 15 is 0 Å². The molecule has 43 heavy (non-hydrogen) atoms. The molecule has 0 aliphatic rings. The molecular weight excluding hydrogens is 571 g/mol. The number of halogens is 1. The lowest BCUT2D eigenvalue weighted by Gasteiger charge is -2.12. The molecule has 2 unspecified atom stereocenters. The lowest BCUT2D eigenvalue weighted by Crippen LogP contribution is -2.23. The first kappa shape index (κ1) is 30.0. The first-order chi connectivity index (χ1) is 20.7. The largest absolute Gasteiger partial charge is 0.387 e. The zero-order chi connectivity index (χ0) is 30.4. The standard InChI is InChI=1S/C31H31FN6O4S/c1-21-30(31(40)23-6-8-25(32)9-7-23)36-38(35-21)27-12-14-28(15-13-27)43(41,42)37-26-10-4-22(5-11-26)16-18-34-20-29(39)24-3-2-17-33-19-24/h2-15,17,19,29,31,34,37,39-40H,16,18,20H2,1H3. The van der Waals surface area contributed by atoms with E-state index in [9.17, 15) is 23.0 Å². The molecule has 0 fully saturated rings. The zero-order valence-electron chi connectivity index (χ0n) is 23.3. The van der Waals surface area contributed by atoms with Crippen molar-refractivity contribution in [2.75, 3.05) is 17.8 Å². The topological polar surface area (TPSA) is 142 Å². The van der Waals surface area contributed by atoms with Crippen molar-refractivity contribution >= 4 is 15.7 Å². The minimum absolute atomic E-state index is 0.0622. The van der Waals surface area contributed by atoms with Crippen LogP contribution in [0.3, 0.4) is 0 Å². The minimum Gasteiger partial charge on any atom is -0.387 e. The van der Waals surface area contributed by atoms with E-state index in [1.807, 2.05) is 18.2 Å². The Kier molecular flexibility index (Phi) is 9.22. The Hall–Kier alpha value is -4.49. The number of rotatable bonds is 12. The maximum absolute atomic E-state index is 13.3. The third kappa shape index (κ3) is 7.48. The average molecular weight is 603 g/mol. The van der Waals surface area contributed by atoms with E-state index in [2.05, 4.69) is 25.2 Å². The molecule has 0 spiro atoms. The highest BCUT2D eigenvalue weighted by Gasteiger charge is 2.20. The number of nitrogens with zero attached hydrogens (tertiary/aromatic N) is 4. The molecule has 2 aromatic heterocycles. The number of aryl methyl sites for hydroxylation is 1. The van der Waals surface area contributed by atoms with Crippen LogP contribution in [0.2, 0.25) is 0 Å². The Morgan fingerprint density at radius 3 is 2.30 bits per heavy atom. The van der Waals surface area contributed by atoms with Crippen LogP contribution in [0.5, 0.6) is 0 Å². The Bertz CT molecular complexity index is 1750. The van der Waals surface area contributed by atoms with E-state index in [-0.39, 0.29) is 4.90 Å². The zero-order valence-corrected chi connectivity index (χ0v) is 24.1. The number of aliphatic hydroxyl groups is 2. The van der Waals surface area contributed by atoms with Crippen molar-refractivity contribution in [3.05, 3.63) is 131 Å². The molecule has 12 heteroatoms. The fourth-order valence-corrected chi connectivity index (χ4v) is 5.49. The van der Waals surface area contributed by atoms with Gasteiger partial charge in [-0.3, -0.25) is 9.71 Å². The molecule has 5 rings (SSSR count). The van der Waals surface area contributed by atoms with Crippen molar-refractivity contribution in [2.24, 2.45) is 0 Å². The van der Waals surface area contributed by atoms with Crippen molar-refractivity contribution in [3.8, 4) is 5.69 Å². The fourth-order valence-electron chi connectivity index (χ4n) is 4.44. The van der Waals surface area contributed by atoms with Gasteiger partial charge in [-0.1, -0.05) is 30.3 Å². The van der Waals surface area contributed by atoms with E-state index in [1.54, 1.807) is 49.6 Å². The van der Waals surface area contributed by atoms with Crippen LogP contribution in [0.4, 0.5) is 10.1 Å². The number of sulfonamides is 1. The summed E-state index contributed by atoms with van der Waals surface area (Å²) < 4.78 is 41.9. The number of pyridine rings is 1. The molecule has 3 aromatic carbocycles. The third-order valence-corrected chi connectivity index (χ3v) is 8.24.